The molecule has 0 aliphatic carbocycles. The van der Waals surface area contributed by atoms with E-state index in [1.807, 2.05) is 31.2 Å². The topological polar surface area (TPSA) is 67.4 Å². The third kappa shape index (κ3) is 3.29. The Labute approximate surface area is 118 Å². The Morgan fingerprint density at radius 1 is 1.40 bits per heavy atom. The van der Waals surface area contributed by atoms with Gasteiger partial charge in [-0.2, -0.15) is 0 Å². The first-order valence-corrected chi connectivity index (χ1v) is 6.71. The fraction of sp³-hybridized carbons (Fsp3) is 0.467. The summed E-state index contributed by atoms with van der Waals surface area (Å²) in [5.74, 6) is 0.697. The molecule has 0 bridgehead atoms. The van der Waals surface area contributed by atoms with Crippen molar-refractivity contribution in [2.75, 3.05) is 20.2 Å². The monoisotopic (exact) mass is 276 g/mol. The number of hydrogen-bond donors (Lipinski definition) is 2. The smallest absolute Gasteiger partial charge is 0.228 e. The number of benzene rings is 1. The second kappa shape index (κ2) is 5.94. The molecule has 0 aromatic heterocycles. The highest BCUT2D eigenvalue weighted by Gasteiger charge is 2.40. The van der Waals surface area contributed by atoms with Crippen LogP contribution in [0.15, 0.2) is 24.3 Å². The Balaban J connectivity index is 1.80. The van der Waals surface area contributed by atoms with Crippen molar-refractivity contribution in [3.8, 4) is 5.75 Å². The van der Waals surface area contributed by atoms with E-state index in [4.69, 9.17) is 4.74 Å². The van der Waals surface area contributed by atoms with Gasteiger partial charge in [0.2, 0.25) is 11.8 Å². The maximum atomic E-state index is 12.1. The third-order valence-electron chi connectivity index (χ3n) is 3.63. The van der Waals surface area contributed by atoms with Gasteiger partial charge in [0.05, 0.1) is 12.5 Å². The number of rotatable bonds is 5. The van der Waals surface area contributed by atoms with Crippen LogP contribution in [0.2, 0.25) is 0 Å². The molecule has 2 rings (SSSR count). The van der Waals surface area contributed by atoms with Crippen LogP contribution in [-0.4, -0.2) is 32.0 Å². The molecule has 1 aliphatic rings. The van der Waals surface area contributed by atoms with Crippen molar-refractivity contribution < 1.29 is 14.3 Å². The van der Waals surface area contributed by atoms with Crippen molar-refractivity contribution in [3.05, 3.63) is 29.8 Å². The molecule has 1 saturated heterocycles. The molecular weight excluding hydrogens is 256 g/mol. The van der Waals surface area contributed by atoms with Gasteiger partial charge in [-0.25, -0.2) is 0 Å². The number of nitrogens with one attached hydrogen (secondary N) is 2. The van der Waals surface area contributed by atoms with E-state index in [9.17, 15) is 9.59 Å². The van der Waals surface area contributed by atoms with E-state index in [2.05, 4.69) is 10.6 Å². The Kier molecular flexibility index (Phi) is 4.27. The molecule has 5 heteroatoms. The summed E-state index contributed by atoms with van der Waals surface area (Å²) in [4.78, 5) is 23.3. The summed E-state index contributed by atoms with van der Waals surface area (Å²) in [5.41, 5.74) is 0.522. The lowest BCUT2D eigenvalue weighted by Gasteiger charge is -2.20. The van der Waals surface area contributed by atoms with Crippen LogP contribution in [0.4, 0.5) is 0 Å². The molecule has 0 spiro atoms. The summed E-state index contributed by atoms with van der Waals surface area (Å²) < 4.78 is 5.09. The lowest BCUT2D eigenvalue weighted by Crippen LogP contribution is -2.41. The molecule has 20 heavy (non-hydrogen) atoms. The molecule has 1 heterocycles. The van der Waals surface area contributed by atoms with E-state index in [1.165, 1.54) is 0 Å². The number of hydrogen-bond acceptors (Lipinski definition) is 3. The molecule has 108 valence electrons. The average molecular weight is 276 g/mol. The van der Waals surface area contributed by atoms with Crippen molar-refractivity contribution in [1.29, 1.82) is 0 Å². The molecular formula is C15H20N2O3. The second-order valence-corrected chi connectivity index (χ2v) is 5.37. The summed E-state index contributed by atoms with van der Waals surface area (Å²) in [6.07, 6.45) is 1.02. The number of carbonyl (C=O) groups is 2. The van der Waals surface area contributed by atoms with Gasteiger partial charge in [-0.1, -0.05) is 12.1 Å². The Morgan fingerprint density at radius 2 is 2.10 bits per heavy atom. The molecule has 5 nitrogen and oxygen atoms in total. The maximum Gasteiger partial charge on any atom is 0.228 e. The van der Waals surface area contributed by atoms with Crippen LogP contribution in [0.3, 0.4) is 0 Å². The number of amides is 2. The fourth-order valence-electron chi connectivity index (χ4n) is 2.26. The van der Waals surface area contributed by atoms with Crippen LogP contribution >= 0.6 is 0 Å². The highest BCUT2D eigenvalue weighted by Crippen LogP contribution is 2.25. The van der Waals surface area contributed by atoms with Crippen molar-refractivity contribution in [1.82, 2.24) is 10.6 Å². The first-order chi connectivity index (χ1) is 9.53. The third-order valence-corrected chi connectivity index (χ3v) is 3.63. The highest BCUT2D eigenvalue weighted by molar-refractivity contribution is 5.92. The van der Waals surface area contributed by atoms with Gasteiger partial charge < -0.3 is 15.4 Å². The molecule has 1 unspecified atom stereocenters. The van der Waals surface area contributed by atoms with Gasteiger partial charge in [0.15, 0.2) is 0 Å². The molecule has 1 atom stereocenters. The number of ether oxygens (including phenoxy) is 1. The minimum absolute atomic E-state index is 0.0576. The van der Waals surface area contributed by atoms with E-state index < -0.39 is 5.41 Å². The zero-order valence-electron chi connectivity index (χ0n) is 11.9. The lowest BCUT2D eigenvalue weighted by molar-refractivity contribution is -0.131. The molecule has 1 aliphatic heterocycles. The highest BCUT2D eigenvalue weighted by atomic mass is 16.5. The largest absolute Gasteiger partial charge is 0.497 e. The van der Waals surface area contributed by atoms with E-state index in [-0.39, 0.29) is 18.2 Å². The fourth-order valence-corrected chi connectivity index (χ4v) is 2.26. The molecule has 1 fully saturated rings. The Bertz CT molecular complexity index is 498. The van der Waals surface area contributed by atoms with Crippen molar-refractivity contribution >= 4 is 11.8 Å². The first kappa shape index (κ1) is 14.4. The summed E-state index contributed by atoms with van der Waals surface area (Å²) in [6.45, 7) is 2.79. The molecule has 1 aromatic rings. The Hall–Kier alpha value is -2.04. The minimum atomic E-state index is -0.614. The van der Waals surface area contributed by atoms with Crippen molar-refractivity contribution in [3.63, 3.8) is 0 Å². The molecule has 0 radical (unpaired) electrons. The van der Waals surface area contributed by atoms with Gasteiger partial charge in [-0.3, -0.25) is 9.59 Å². The van der Waals surface area contributed by atoms with Crippen LogP contribution in [0, 0.1) is 5.41 Å². The van der Waals surface area contributed by atoms with E-state index in [0.717, 1.165) is 17.7 Å². The van der Waals surface area contributed by atoms with E-state index in [0.29, 0.717) is 13.1 Å². The van der Waals surface area contributed by atoms with Crippen molar-refractivity contribution in [2.45, 2.75) is 19.8 Å². The molecule has 1 aromatic carbocycles. The van der Waals surface area contributed by atoms with E-state index >= 15 is 0 Å². The number of carbonyl (C=O) groups excluding carboxylic acids is 2. The summed E-state index contributed by atoms with van der Waals surface area (Å²) in [6, 6.07) is 7.76. The van der Waals surface area contributed by atoms with Crippen LogP contribution in [0.25, 0.3) is 0 Å². The van der Waals surface area contributed by atoms with Crippen LogP contribution < -0.4 is 15.4 Å². The van der Waals surface area contributed by atoms with Gasteiger partial charge >= 0.3 is 0 Å². The average Bonchev–Trinajstić information content (AvgIpc) is 2.80. The minimum Gasteiger partial charge on any atom is -0.497 e. The predicted octanol–water partition coefficient (Wildman–Crippen LogP) is 0.880. The standard InChI is InChI=1S/C15H20N2O3/c1-15(9-13(18)17-10-15)14(19)16-8-7-11-3-5-12(20-2)6-4-11/h3-6H,7-10H2,1-2H3,(H,16,19)(H,17,18). The zero-order chi connectivity index (χ0) is 14.6. The first-order valence-electron chi connectivity index (χ1n) is 6.71. The normalized spacial score (nSPS) is 21.4. The van der Waals surface area contributed by atoms with Crippen LogP contribution in [0.1, 0.15) is 18.9 Å². The molecule has 0 saturated carbocycles. The SMILES string of the molecule is COc1ccc(CCNC(=O)C2(C)CNC(=O)C2)cc1. The maximum absolute atomic E-state index is 12.1. The number of methoxy groups -OCH3 is 1. The van der Waals surface area contributed by atoms with Crippen LogP contribution in [-0.2, 0) is 16.0 Å². The summed E-state index contributed by atoms with van der Waals surface area (Å²) in [7, 11) is 1.63. The predicted molar refractivity (Wildman–Crippen MR) is 75.4 cm³/mol. The van der Waals surface area contributed by atoms with Gasteiger partial charge in [0.1, 0.15) is 5.75 Å². The van der Waals surface area contributed by atoms with Crippen molar-refractivity contribution in [2.24, 2.45) is 5.41 Å². The lowest BCUT2D eigenvalue weighted by atomic mass is 9.88. The summed E-state index contributed by atoms with van der Waals surface area (Å²) >= 11 is 0. The molecule has 2 N–H and O–H groups in total. The van der Waals surface area contributed by atoms with Gasteiger partial charge in [0.25, 0.3) is 0 Å². The zero-order valence-corrected chi connectivity index (χ0v) is 11.9. The second-order valence-electron chi connectivity index (χ2n) is 5.37. The van der Waals surface area contributed by atoms with Gasteiger partial charge in [0, 0.05) is 19.5 Å². The van der Waals surface area contributed by atoms with Gasteiger partial charge in [-0.15, -0.1) is 0 Å². The Morgan fingerprint density at radius 3 is 2.65 bits per heavy atom. The molecule has 2 amide bonds. The van der Waals surface area contributed by atoms with Gasteiger partial charge in [-0.05, 0) is 31.0 Å². The van der Waals surface area contributed by atoms with Crippen LogP contribution in [0.5, 0.6) is 5.75 Å². The van der Waals surface area contributed by atoms with E-state index in [1.54, 1.807) is 7.11 Å². The quantitative estimate of drug-likeness (QED) is 0.839. The summed E-state index contributed by atoms with van der Waals surface area (Å²) in [5, 5.41) is 5.60.